The average Bonchev–Trinajstić information content (AvgIpc) is 3.11. The van der Waals surface area contributed by atoms with Crippen molar-refractivity contribution in [1.82, 2.24) is 0 Å². The molecule has 1 aliphatic carbocycles. The maximum Gasteiger partial charge on any atom is 0.175 e. The second kappa shape index (κ2) is 5.10. The number of carbonyl (C=O) groups excluding carboxylic acids is 1. The van der Waals surface area contributed by atoms with E-state index in [4.69, 9.17) is 34.8 Å². The molecule has 98 valence electrons. The first-order chi connectivity index (χ1) is 9.06. The molecule has 1 aromatic carbocycles. The summed E-state index contributed by atoms with van der Waals surface area (Å²) in [6, 6.07) is 7.14. The molecule has 19 heavy (non-hydrogen) atoms. The molecule has 5 heteroatoms. The van der Waals surface area contributed by atoms with Crippen LogP contribution in [-0.2, 0) is 0 Å². The molecule has 0 saturated heterocycles. The second-order valence-electron chi connectivity index (χ2n) is 4.55. The minimum atomic E-state index is 0.232. The van der Waals surface area contributed by atoms with Gasteiger partial charge in [-0.2, -0.15) is 0 Å². The molecule has 1 fully saturated rings. The Morgan fingerprint density at radius 1 is 1.05 bits per heavy atom. The first-order valence-corrected chi connectivity index (χ1v) is 7.80. The van der Waals surface area contributed by atoms with Crippen LogP contribution in [0.2, 0.25) is 15.1 Å². The molecule has 1 nitrogen and oxygen atoms in total. The Hall–Kier alpha value is -0.540. The number of carbonyl (C=O) groups is 1. The van der Waals surface area contributed by atoms with Gasteiger partial charge in [0, 0.05) is 16.4 Å². The Balaban J connectivity index is 1.98. The van der Waals surface area contributed by atoms with Gasteiger partial charge in [0.1, 0.15) is 0 Å². The van der Waals surface area contributed by atoms with Crippen molar-refractivity contribution in [3.05, 3.63) is 44.2 Å². The van der Waals surface area contributed by atoms with E-state index in [1.165, 1.54) is 11.3 Å². The topological polar surface area (TPSA) is 17.1 Å². The molecular formula is C14H9Cl3OS. The Labute approximate surface area is 130 Å². The van der Waals surface area contributed by atoms with Gasteiger partial charge < -0.3 is 0 Å². The van der Waals surface area contributed by atoms with E-state index >= 15 is 0 Å². The van der Waals surface area contributed by atoms with E-state index in [1.807, 2.05) is 12.1 Å². The highest BCUT2D eigenvalue weighted by Gasteiger charge is 2.31. The summed E-state index contributed by atoms with van der Waals surface area (Å²) in [6.07, 6.45) is 2.03. The summed E-state index contributed by atoms with van der Waals surface area (Å²) in [5, 5.41) is 1.44. The molecule has 1 aliphatic rings. The molecule has 1 heterocycles. The number of hydrogen-bond donors (Lipinski definition) is 0. The van der Waals surface area contributed by atoms with Gasteiger partial charge in [0.15, 0.2) is 5.78 Å². The van der Waals surface area contributed by atoms with Crippen molar-refractivity contribution in [1.29, 1.82) is 0 Å². The van der Waals surface area contributed by atoms with Crippen molar-refractivity contribution in [3.8, 4) is 10.4 Å². The summed E-state index contributed by atoms with van der Waals surface area (Å²) < 4.78 is 0. The van der Waals surface area contributed by atoms with E-state index in [0.717, 1.165) is 28.2 Å². The van der Waals surface area contributed by atoms with Gasteiger partial charge in [-0.3, -0.25) is 4.79 Å². The molecule has 0 amide bonds. The summed E-state index contributed by atoms with van der Waals surface area (Å²) in [7, 11) is 0. The van der Waals surface area contributed by atoms with Crippen molar-refractivity contribution >= 4 is 51.9 Å². The maximum absolute atomic E-state index is 12.0. The van der Waals surface area contributed by atoms with E-state index < -0.39 is 0 Å². The molecule has 1 saturated carbocycles. The molecular weight excluding hydrogens is 323 g/mol. The van der Waals surface area contributed by atoms with Crippen molar-refractivity contribution in [2.45, 2.75) is 12.8 Å². The summed E-state index contributed by atoms with van der Waals surface area (Å²) >= 11 is 19.6. The van der Waals surface area contributed by atoms with Crippen LogP contribution in [0.1, 0.15) is 22.5 Å². The first-order valence-electron chi connectivity index (χ1n) is 5.85. The number of benzene rings is 1. The zero-order valence-electron chi connectivity index (χ0n) is 9.75. The monoisotopic (exact) mass is 330 g/mol. The molecule has 0 bridgehead atoms. The highest BCUT2D eigenvalue weighted by Crippen LogP contribution is 2.40. The fraction of sp³-hybridized carbons (Fsp3) is 0.214. The Morgan fingerprint density at radius 2 is 1.74 bits per heavy atom. The van der Waals surface area contributed by atoms with Gasteiger partial charge in [-0.1, -0.05) is 34.8 Å². The Morgan fingerprint density at radius 3 is 2.42 bits per heavy atom. The number of rotatable bonds is 3. The third kappa shape index (κ3) is 2.68. The van der Waals surface area contributed by atoms with E-state index in [-0.39, 0.29) is 11.7 Å². The van der Waals surface area contributed by atoms with Gasteiger partial charge in [0.05, 0.1) is 19.9 Å². The van der Waals surface area contributed by atoms with Crippen LogP contribution in [0.5, 0.6) is 0 Å². The van der Waals surface area contributed by atoms with E-state index in [0.29, 0.717) is 15.1 Å². The standard InChI is InChI=1S/C14H9Cl3OS/c15-9-6-11(17)10(16)5-8(9)12-3-4-13(19-12)14(18)7-1-2-7/h3-7H,1-2H2. The molecule has 2 aromatic rings. The van der Waals surface area contributed by atoms with Gasteiger partial charge in [-0.15, -0.1) is 11.3 Å². The Bertz CT molecular complexity index is 659. The van der Waals surface area contributed by atoms with Crippen molar-refractivity contribution in [2.75, 3.05) is 0 Å². The van der Waals surface area contributed by atoms with Crippen molar-refractivity contribution < 1.29 is 4.79 Å². The van der Waals surface area contributed by atoms with E-state index in [2.05, 4.69) is 0 Å². The van der Waals surface area contributed by atoms with Crippen LogP contribution in [0.25, 0.3) is 10.4 Å². The lowest BCUT2D eigenvalue weighted by molar-refractivity contribution is 0.0971. The first kappa shape index (κ1) is 13.4. The number of Topliss-reactive ketones (excluding diaryl/α,β-unsaturated/α-hetero) is 1. The van der Waals surface area contributed by atoms with Crippen LogP contribution in [0.3, 0.4) is 0 Å². The quantitative estimate of drug-likeness (QED) is 0.500. The number of halogens is 3. The minimum Gasteiger partial charge on any atom is -0.293 e. The SMILES string of the molecule is O=C(c1ccc(-c2cc(Cl)c(Cl)cc2Cl)s1)C1CC1. The van der Waals surface area contributed by atoms with Crippen LogP contribution < -0.4 is 0 Å². The summed E-state index contributed by atoms with van der Waals surface area (Å²) in [5.74, 6) is 0.475. The van der Waals surface area contributed by atoms with Gasteiger partial charge in [-0.05, 0) is 37.1 Å². The Kier molecular flexibility index (Phi) is 3.61. The molecule has 1 aromatic heterocycles. The number of hydrogen-bond acceptors (Lipinski definition) is 2. The lowest BCUT2D eigenvalue weighted by Gasteiger charge is -2.04. The van der Waals surface area contributed by atoms with E-state index in [1.54, 1.807) is 12.1 Å². The highest BCUT2D eigenvalue weighted by molar-refractivity contribution is 7.17. The number of thiophene rings is 1. The molecule has 0 unspecified atom stereocenters. The summed E-state index contributed by atoms with van der Waals surface area (Å²) in [6.45, 7) is 0. The summed E-state index contributed by atoms with van der Waals surface area (Å²) in [5.41, 5.74) is 0.816. The van der Waals surface area contributed by atoms with Crippen LogP contribution >= 0.6 is 46.1 Å². The fourth-order valence-electron chi connectivity index (χ4n) is 1.87. The third-order valence-electron chi connectivity index (χ3n) is 3.07. The lowest BCUT2D eigenvalue weighted by Crippen LogP contribution is -1.96. The summed E-state index contributed by atoms with van der Waals surface area (Å²) in [4.78, 5) is 13.7. The van der Waals surface area contributed by atoms with Gasteiger partial charge in [0.2, 0.25) is 0 Å². The molecule has 0 N–H and O–H groups in total. The maximum atomic E-state index is 12.0. The molecule has 0 radical (unpaired) electrons. The second-order valence-corrected chi connectivity index (χ2v) is 6.85. The molecule has 0 aliphatic heterocycles. The number of ketones is 1. The normalized spacial score (nSPS) is 14.7. The molecule has 3 rings (SSSR count). The third-order valence-corrected chi connectivity index (χ3v) is 5.24. The zero-order valence-corrected chi connectivity index (χ0v) is 12.8. The van der Waals surface area contributed by atoms with Crippen LogP contribution in [-0.4, -0.2) is 5.78 Å². The smallest absolute Gasteiger partial charge is 0.175 e. The largest absolute Gasteiger partial charge is 0.293 e. The average molecular weight is 332 g/mol. The minimum absolute atomic E-state index is 0.232. The van der Waals surface area contributed by atoms with Gasteiger partial charge in [0.25, 0.3) is 0 Å². The lowest BCUT2D eigenvalue weighted by atomic mass is 10.2. The van der Waals surface area contributed by atoms with Crippen molar-refractivity contribution in [2.24, 2.45) is 5.92 Å². The van der Waals surface area contributed by atoms with Crippen LogP contribution in [0.15, 0.2) is 24.3 Å². The fourth-order valence-corrected chi connectivity index (χ4v) is 3.63. The predicted molar refractivity (Wildman–Crippen MR) is 81.8 cm³/mol. The van der Waals surface area contributed by atoms with Crippen LogP contribution in [0, 0.1) is 5.92 Å². The van der Waals surface area contributed by atoms with Crippen LogP contribution in [0.4, 0.5) is 0 Å². The van der Waals surface area contributed by atoms with Gasteiger partial charge >= 0.3 is 0 Å². The zero-order chi connectivity index (χ0) is 13.6. The van der Waals surface area contributed by atoms with Gasteiger partial charge in [-0.25, -0.2) is 0 Å². The van der Waals surface area contributed by atoms with E-state index in [9.17, 15) is 4.79 Å². The molecule has 0 atom stereocenters. The molecule has 0 spiro atoms. The predicted octanol–water partition coefficient (Wildman–Crippen LogP) is 5.97. The van der Waals surface area contributed by atoms with Crippen molar-refractivity contribution in [3.63, 3.8) is 0 Å². The highest BCUT2D eigenvalue weighted by atomic mass is 35.5.